The summed E-state index contributed by atoms with van der Waals surface area (Å²) < 4.78 is 41.2. The lowest BCUT2D eigenvalue weighted by molar-refractivity contribution is -0.137. The predicted octanol–water partition coefficient (Wildman–Crippen LogP) is 2.67. The summed E-state index contributed by atoms with van der Waals surface area (Å²) in [5, 5.41) is 3.07. The largest absolute Gasteiger partial charge is 0.416 e. The summed E-state index contributed by atoms with van der Waals surface area (Å²) >= 11 is 0. The zero-order valence-electron chi connectivity index (χ0n) is 15.8. The number of nitrogens with one attached hydrogen (secondary N) is 1. The van der Waals surface area contributed by atoms with Crippen molar-refractivity contribution in [3.8, 4) is 0 Å². The molecule has 4 rings (SSSR count). The molecule has 152 valence electrons. The van der Waals surface area contributed by atoms with Gasteiger partial charge in [0, 0.05) is 37.7 Å². The number of allylic oxidation sites excluding steroid dienone is 2. The van der Waals surface area contributed by atoms with Crippen LogP contribution in [0.25, 0.3) is 0 Å². The molecule has 0 bridgehead atoms. The average Bonchev–Trinajstić information content (AvgIpc) is 2.69. The summed E-state index contributed by atoms with van der Waals surface area (Å²) in [7, 11) is 2.84. The highest BCUT2D eigenvalue weighted by atomic mass is 19.4. The Morgan fingerprint density at radius 2 is 1.66 bits per heavy atom. The number of fused-ring (bicyclic) bond motifs is 1. The fraction of sp³-hybridized carbons (Fsp3) is 0.350. The average molecular weight is 405 g/mol. The Kier molecular flexibility index (Phi) is 4.29. The first-order valence-electron chi connectivity index (χ1n) is 9.11. The Morgan fingerprint density at radius 1 is 1.00 bits per heavy atom. The molecule has 2 aromatic rings. The van der Waals surface area contributed by atoms with Crippen molar-refractivity contribution >= 4 is 11.6 Å². The molecule has 9 heteroatoms. The molecule has 0 saturated heterocycles. The van der Waals surface area contributed by atoms with E-state index in [9.17, 15) is 27.6 Å². The third-order valence-corrected chi connectivity index (χ3v) is 5.57. The van der Waals surface area contributed by atoms with Crippen molar-refractivity contribution in [2.24, 2.45) is 14.1 Å². The summed E-state index contributed by atoms with van der Waals surface area (Å²) in [6.07, 6.45) is -3.01. The molecular formula is C20H18F3N3O3. The van der Waals surface area contributed by atoms with Crippen LogP contribution < -0.4 is 16.6 Å². The Bertz CT molecular complexity index is 1170. The van der Waals surface area contributed by atoms with Crippen molar-refractivity contribution in [1.29, 1.82) is 0 Å². The second-order valence-electron chi connectivity index (χ2n) is 7.31. The highest BCUT2D eigenvalue weighted by Gasteiger charge is 2.39. The Labute approximate surface area is 163 Å². The molecule has 29 heavy (non-hydrogen) atoms. The number of alkyl halides is 3. The Hall–Kier alpha value is -3.10. The van der Waals surface area contributed by atoms with E-state index in [2.05, 4.69) is 5.32 Å². The number of nitrogens with zero attached hydrogens (tertiary/aromatic N) is 2. The van der Waals surface area contributed by atoms with E-state index in [0.717, 1.165) is 16.7 Å². The molecule has 1 atom stereocenters. The van der Waals surface area contributed by atoms with Crippen LogP contribution >= 0.6 is 0 Å². The molecule has 1 aromatic heterocycles. The number of halogens is 3. The van der Waals surface area contributed by atoms with Gasteiger partial charge in [-0.2, -0.15) is 13.2 Å². The van der Waals surface area contributed by atoms with Crippen LogP contribution in [0.1, 0.15) is 41.9 Å². The van der Waals surface area contributed by atoms with Gasteiger partial charge in [0.05, 0.1) is 11.1 Å². The van der Waals surface area contributed by atoms with Crippen LogP contribution in [0.2, 0.25) is 0 Å². The van der Waals surface area contributed by atoms with Crippen molar-refractivity contribution in [3.05, 3.63) is 73.1 Å². The lowest BCUT2D eigenvalue weighted by Gasteiger charge is -2.34. The maximum absolute atomic E-state index is 13.0. The summed E-state index contributed by atoms with van der Waals surface area (Å²) in [5.74, 6) is -0.705. The van der Waals surface area contributed by atoms with Gasteiger partial charge in [-0.1, -0.05) is 12.1 Å². The van der Waals surface area contributed by atoms with Crippen LogP contribution in [0, 0.1) is 0 Å². The molecule has 1 N–H and O–H groups in total. The van der Waals surface area contributed by atoms with Crippen LogP contribution in [0.3, 0.4) is 0 Å². The standard InChI is InChI=1S/C20H18F3N3O3/c1-25-17-16(18(28)26(2)19(25)29)14(15-12(24-17)4-3-5-13(15)27)10-6-8-11(9-7-10)20(21,22)23/h6-9,14,24H,3-5H2,1-2H3. The molecule has 1 aromatic carbocycles. The Balaban J connectivity index is 2.00. The number of ketones is 1. The van der Waals surface area contributed by atoms with Gasteiger partial charge in [-0.25, -0.2) is 4.79 Å². The SMILES string of the molecule is Cn1c2c(c(=O)n(C)c1=O)C(c1ccc(C(F)(F)F)cc1)C1=C(CCCC1=O)N2. The molecule has 2 aliphatic rings. The number of carbonyl (C=O) groups excluding carboxylic acids is 1. The van der Waals surface area contributed by atoms with Crippen LogP contribution in [0.5, 0.6) is 0 Å². The molecule has 0 radical (unpaired) electrons. The van der Waals surface area contributed by atoms with Gasteiger partial charge in [-0.05, 0) is 30.5 Å². The quantitative estimate of drug-likeness (QED) is 0.792. The third kappa shape index (κ3) is 2.92. The third-order valence-electron chi connectivity index (χ3n) is 5.57. The van der Waals surface area contributed by atoms with E-state index < -0.39 is 28.9 Å². The van der Waals surface area contributed by atoms with E-state index in [4.69, 9.17) is 0 Å². The fourth-order valence-corrected chi connectivity index (χ4v) is 4.10. The number of carbonyl (C=O) groups is 1. The molecule has 0 fully saturated rings. The first kappa shape index (κ1) is 19.2. The summed E-state index contributed by atoms with van der Waals surface area (Å²) in [6.45, 7) is 0. The van der Waals surface area contributed by atoms with Gasteiger partial charge in [0.15, 0.2) is 5.78 Å². The molecular weight excluding hydrogens is 387 g/mol. The minimum atomic E-state index is -4.49. The molecule has 1 aliphatic carbocycles. The van der Waals surface area contributed by atoms with Crippen molar-refractivity contribution in [3.63, 3.8) is 0 Å². The molecule has 1 aliphatic heterocycles. The van der Waals surface area contributed by atoms with Crippen LogP contribution in [0.4, 0.5) is 19.0 Å². The number of benzene rings is 1. The van der Waals surface area contributed by atoms with E-state index in [1.807, 2.05) is 0 Å². The van der Waals surface area contributed by atoms with Crippen LogP contribution in [0.15, 0.2) is 45.1 Å². The van der Waals surface area contributed by atoms with Gasteiger partial charge in [-0.15, -0.1) is 0 Å². The maximum atomic E-state index is 13.0. The van der Waals surface area contributed by atoms with Gasteiger partial charge in [0.2, 0.25) is 0 Å². The van der Waals surface area contributed by atoms with Crippen molar-refractivity contribution in [2.45, 2.75) is 31.4 Å². The van der Waals surface area contributed by atoms with E-state index in [1.54, 1.807) is 0 Å². The van der Waals surface area contributed by atoms with Gasteiger partial charge < -0.3 is 5.32 Å². The van der Waals surface area contributed by atoms with Crippen LogP contribution in [-0.4, -0.2) is 14.9 Å². The lowest BCUT2D eigenvalue weighted by atomic mass is 9.76. The number of rotatable bonds is 1. The number of hydrogen-bond acceptors (Lipinski definition) is 4. The minimum absolute atomic E-state index is 0.148. The van der Waals surface area contributed by atoms with Gasteiger partial charge in [-0.3, -0.25) is 18.7 Å². The summed E-state index contributed by atoms with van der Waals surface area (Å²) in [6, 6.07) is 4.47. The van der Waals surface area contributed by atoms with Crippen LogP contribution in [-0.2, 0) is 25.1 Å². The lowest BCUT2D eigenvalue weighted by Crippen LogP contribution is -2.44. The topological polar surface area (TPSA) is 73.1 Å². The molecule has 1 unspecified atom stereocenters. The molecule has 0 spiro atoms. The first-order chi connectivity index (χ1) is 13.6. The molecule has 6 nitrogen and oxygen atoms in total. The maximum Gasteiger partial charge on any atom is 0.416 e. The second-order valence-corrected chi connectivity index (χ2v) is 7.31. The smallest absolute Gasteiger partial charge is 0.344 e. The number of anilines is 1. The normalized spacial score (nSPS) is 18.9. The zero-order valence-corrected chi connectivity index (χ0v) is 15.8. The number of hydrogen-bond donors (Lipinski definition) is 1. The zero-order chi connectivity index (χ0) is 21.1. The van der Waals surface area contributed by atoms with Crippen molar-refractivity contribution in [2.75, 3.05) is 5.32 Å². The van der Waals surface area contributed by atoms with E-state index >= 15 is 0 Å². The molecule has 2 heterocycles. The van der Waals surface area contributed by atoms with Gasteiger partial charge in [0.25, 0.3) is 5.56 Å². The molecule has 0 saturated carbocycles. The van der Waals surface area contributed by atoms with E-state index in [1.165, 1.54) is 30.8 Å². The van der Waals surface area contributed by atoms with Gasteiger partial charge in [0.1, 0.15) is 5.82 Å². The van der Waals surface area contributed by atoms with E-state index in [0.29, 0.717) is 36.1 Å². The van der Waals surface area contributed by atoms with E-state index in [-0.39, 0.29) is 17.2 Å². The minimum Gasteiger partial charge on any atom is -0.344 e. The summed E-state index contributed by atoms with van der Waals surface area (Å²) in [4.78, 5) is 38.1. The predicted molar refractivity (Wildman–Crippen MR) is 99.7 cm³/mol. The number of aromatic nitrogens is 2. The monoisotopic (exact) mass is 405 g/mol. The highest BCUT2D eigenvalue weighted by molar-refractivity contribution is 6.00. The Morgan fingerprint density at radius 3 is 2.28 bits per heavy atom. The summed E-state index contributed by atoms with van der Waals surface area (Å²) in [5.41, 5.74) is -0.333. The first-order valence-corrected chi connectivity index (χ1v) is 9.11. The van der Waals surface area contributed by atoms with Gasteiger partial charge >= 0.3 is 11.9 Å². The fourth-order valence-electron chi connectivity index (χ4n) is 4.10. The number of Topliss-reactive ketones (excluding diaryl/α,β-unsaturated/α-hetero) is 1. The van der Waals surface area contributed by atoms with Crippen molar-refractivity contribution < 1.29 is 18.0 Å². The highest BCUT2D eigenvalue weighted by Crippen LogP contribution is 2.43. The van der Waals surface area contributed by atoms with Crippen molar-refractivity contribution in [1.82, 2.24) is 9.13 Å². The molecule has 0 amide bonds. The second kappa shape index (κ2) is 6.47.